The van der Waals surface area contributed by atoms with Crippen molar-refractivity contribution in [2.45, 2.75) is 38.9 Å². The van der Waals surface area contributed by atoms with Crippen molar-refractivity contribution in [1.29, 1.82) is 0 Å². The van der Waals surface area contributed by atoms with E-state index in [1.807, 2.05) is 42.6 Å². The molecule has 0 amide bonds. The smallest absolute Gasteiger partial charge is 0.174 e. The van der Waals surface area contributed by atoms with E-state index in [1.54, 1.807) is 0 Å². The molecular weight excluding hydrogens is 478 g/mol. The summed E-state index contributed by atoms with van der Waals surface area (Å²) in [5.41, 5.74) is 5.82. The topological polar surface area (TPSA) is 45.6 Å². The number of halogens is 1. The van der Waals surface area contributed by atoms with Gasteiger partial charge in [-0.2, -0.15) is 0 Å². The minimum Gasteiger partial charge on any atom is -0.379 e. The van der Waals surface area contributed by atoms with E-state index in [4.69, 9.17) is 28.6 Å². The van der Waals surface area contributed by atoms with Crippen LogP contribution < -0.4 is 10.2 Å². The highest BCUT2D eigenvalue weighted by Crippen LogP contribution is 2.43. The van der Waals surface area contributed by atoms with E-state index in [2.05, 4.69) is 50.6 Å². The molecule has 2 aliphatic rings. The molecule has 184 valence electrons. The van der Waals surface area contributed by atoms with Crippen LogP contribution >= 0.6 is 23.8 Å². The Kier molecular flexibility index (Phi) is 7.39. The van der Waals surface area contributed by atoms with Crippen molar-refractivity contribution in [3.63, 3.8) is 0 Å². The summed E-state index contributed by atoms with van der Waals surface area (Å²) in [6.07, 6.45) is 2.96. The molecule has 0 unspecified atom stereocenters. The van der Waals surface area contributed by atoms with E-state index in [1.165, 1.54) is 17.0 Å². The zero-order chi connectivity index (χ0) is 24.4. The van der Waals surface area contributed by atoms with Crippen molar-refractivity contribution in [2.24, 2.45) is 0 Å². The lowest BCUT2D eigenvalue weighted by Gasteiger charge is -2.28. The van der Waals surface area contributed by atoms with Gasteiger partial charge in [-0.25, -0.2) is 0 Å². The number of nitrogens with zero attached hydrogens (tertiary/aromatic N) is 4. The highest BCUT2D eigenvalue weighted by molar-refractivity contribution is 7.80. The summed E-state index contributed by atoms with van der Waals surface area (Å²) in [4.78, 5) is 9.39. The number of nitrogens with one attached hydrogen (secondary N) is 1. The SMILES string of the molecule is Cc1cc([C@H]2[C@@H](c3ccccn3)NC(=S)N2c2ccc(Cl)cc2)c(C)n1CCCN1CCOCC1. The number of anilines is 1. The summed E-state index contributed by atoms with van der Waals surface area (Å²) in [7, 11) is 0. The molecule has 0 spiro atoms. The zero-order valence-corrected chi connectivity index (χ0v) is 21.9. The highest BCUT2D eigenvalue weighted by atomic mass is 35.5. The lowest BCUT2D eigenvalue weighted by molar-refractivity contribution is 0.0369. The maximum Gasteiger partial charge on any atom is 0.174 e. The first-order valence-electron chi connectivity index (χ1n) is 12.3. The molecule has 8 heteroatoms. The second-order valence-corrected chi connectivity index (χ2v) is 10.1. The van der Waals surface area contributed by atoms with Gasteiger partial charge >= 0.3 is 0 Å². The summed E-state index contributed by atoms with van der Waals surface area (Å²) in [6, 6.07) is 16.2. The van der Waals surface area contributed by atoms with Crippen LogP contribution in [-0.4, -0.2) is 52.4 Å². The van der Waals surface area contributed by atoms with Crippen LogP contribution in [0.1, 0.15) is 41.1 Å². The molecule has 0 bridgehead atoms. The summed E-state index contributed by atoms with van der Waals surface area (Å²) >= 11 is 12.1. The van der Waals surface area contributed by atoms with Gasteiger partial charge in [-0.1, -0.05) is 17.7 Å². The fourth-order valence-corrected chi connectivity index (χ4v) is 5.77. The van der Waals surface area contributed by atoms with Crippen molar-refractivity contribution in [2.75, 3.05) is 37.7 Å². The van der Waals surface area contributed by atoms with Gasteiger partial charge in [0.05, 0.1) is 31.0 Å². The molecule has 2 saturated heterocycles. The maximum absolute atomic E-state index is 6.20. The first kappa shape index (κ1) is 24.3. The number of hydrogen-bond donors (Lipinski definition) is 1. The molecule has 4 heterocycles. The average Bonchev–Trinajstić information content (AvgIpc) is 3.36. The number of thiocarbonyl (C=S) groups is 1. The molecule has 2 atom stereocenters. The summed E-state index contributed by atoms with van der Waals surface area (Å²) < 4.78 is 7.94. The zero-order valence-electron chi connectivity index (χ0n) is 20.3. The Morgan fingerprint density at radius 1 is 1.09 bits per heavy atom. The molecule has 0 saturated carbocycles. The molecule has 3 aromatic rings. The van der Waals surface area contributed by atoms with Crippen LogP contribution in [0, 0.1) is 13.8 Å². The second kappa shape index (κ2) is 10.7. The van der Waals surface area contributed by atoms with Crippen LogP contribution in [0.15, 0.2) is 54.7 Å². The summed E-state index contributed by atoms with van der Waals surface area (Å²) in [6.45, 7) is 10.3. The van der Waals surface area contributed by atoms with E-state index in [-0.39, 0.29) is 12.1 Å². The number of aryl methyl sites for hydroxylation is 1. The molecular formula is C27H32ClN5OS. The van der Waals surface area contributed by atoms with Crippen LogP contribution in [0.3, 0.4) is 0 Å². The third-order valence-electron chi connectivity index (χ3n) is 7.09. The molecule has 5 rings (SSSR count). The minimum atomic E-state index is -0.0540. The lowest BCUT2D eigenvalue weighted by atomic mass is 9.96. The van der Waals surface area contributed by atoms with Gasteiger partial charge in [0.2, 0.25) is 0 Å². The van der Waals surface area contributed by atoms with Gasteiger partial charge in [0.25, 0.3) is 0 Å². The molecule has 2 fully saturated rings. The predicted molar refractivity (Wildman–Crippen MR) is 145 cm³/mol. The van der Waals surface area contributed by atoms with Crippen LogP contribution in [0.4, 0.5) is 5.69 Å². The van der Waals surface area contributed by atoms with Gasteiger partial charge in [-0.05, 0) is 80.5 Å². The van der Waals surface area contributed by atoms with Gasteiger partial charge in [-0.3, -0.25) is 9.88 Å². The van der Waals surface area contributed by atoms with Crippen LogP contribution in [0.25, 0.3) is 0 Å². The predicted octanol–water partition coefficient (Wildman–Crippen LogP) is 5.05. The standard InChI is InChI=1S/C27H32ClN5OS/c1-19-18-23(20(2)32(19)13-5-12-31-14-16-34-17-15-31)26-25(24-6-3-4-11-29-24)30-27(35)33(26)22-9-7-21(28)8-10-22/h3-4,6-11,18,25-26H,5,12-17H2,1-2H3,(H,30,35)/t25-,26+/m1/s1. The molecule has 1 N–H and O–H groups in total. The number of morpholine rings is 1. The van der Waals surface area contributed by atoms with Crippen LogP contribution in [-0.2, 0) is 11.3 Å². The fourth-order valence-electron chi connectivity index (χ4n) is 5.30. The molecule has 2 aromatic heterocycles. The number of ether oxygens (including phenoxy) is 1. The third kappa shape index (κ3) is 5.09. The van der Waals surface area contributed by atoms with E-state index < -0.39 is 0 Å². The molecule has 35 heavy (non-hydrogen) atoms. The second-order valence-electron chi connectivity index (χ2n) is 9.26. The Bertz CT molecular complexity index is 1160. The Balaban J connectivity index is 1.46. The third-order valence-corrected chi connectivity index (χ3v) is 7.66. The van der Waals surface area contributed by atoms with Crippen molar-refractivity contribution in [3.05, 3.63) is 82.4 Å². The number of aromatic nitrogens is 2. The van der Waals surface area contributed by atoms with Crippen molar-refractivity contribution in [3.8, 4) is 0 Å². The Labute approximate surface area is 217 Å². The molecule has 6 nitrogen and oxygen atoms in total. The number of rotatable bonds is 7. The van der Waals surface area contributed by atoms with E-state index in [9.17, 15) is 0 Å². The number of benzene rings is 1. The van der Waals surface area contributed by atoms with Crippen molar-refractivity contribution >= 4 is 34.6 Å². The lowest BCUT2D eigenvalue weighted by Crippen LogP contribution is -2.37. The molecule has 1 aromatic carbocycles. The Morgan fingerprint density at radius 3 is 2.57 bits per heavy atom. The molecule has 0 aliphatic carbocycles. The number of hydrogen-bond acceptors (Lipinski definition) is 4. The fraction of sp³-hybridized carbons (Fsp3) is 0.407. The Hall–Kier alpha value is -2.45. The van der Waals surface area contributed by atoms with Gasteiger partial charge in [-0.15, -0.1) is 0 Å². The monoisotopic (exact) mass is 509 g/mol. The quantitative estimate of drug-likeness (QED) is 0.449. The first-order valence-corrected chi connectivity index (χ1v) is 13.0. The van der Waals surface area contributed by atoms with E-state index in [0.29, 0.717) is 10.1 Å². The maximum atomic E-state index is 6.20. The minimum absolute atomic E-state index is 0.0160. The van der Waals surface area contributed by atoms with Crippen LogP contribution in [0.2, 0.25) is 5.02 Å². The van der Waals surface area contributed by atoms with E-state index in [0.717, 1.165) is 57.2 Å². The van der Waals surface area contributed by atoms with Gasteiger partial charge < -0.3 is 19.5 Å². The average molecular weight is 510 g/mol. The highest BCUT2D eigenvalue weighted by Gasteiger charge is 2.42. The summed E-state index contributed by atoms with van der Waals surface area (Å²) in [5, 5.41) is 4.97. The normalized spacial score (nSPS) is 20.9. The number of pyridine rings is 1. The van der Waals surface area contributed by atoms with Crippen molar-refractivity contribution in [1.82, 2.24) is 19.8 Å². The van der Waals surface area contributed by atoms with Crippen molar-refractivity contribution < 1.29 is 4.74 Å². The molecule has 0 radical (unpaired) electrons. The Morgan fingerprint density at radius 2 is 1.86 bits per heavy atom. The van der Waals surface area contributed by atoms with Gasteiger partial charge in [0.15, 0.2) is 5.11 Å². The van der Waals surface area contributed by atoms with Gasteiger partial charge in [0, 0.05) is 54.5 Å². The molecule has 2 aliphatic heterocycles. The summed E-state index contributed by atoms with van der Waals surface area (Å²) in [5.74, 6) is 0. The van der Waals surface area contributed by atoms with Crippen LogP contribution in [0.5, 0.6) is 0 Å². The first-order chi connectivity index (χ1) is 17.0. The van der Waals surface area contributed by atoms with E-state index >= 15 is 0 Å². The van der Waals surface area contributed by atoms with Gasteiger partial charge in [0.1, 0.15) is 0 Å². The largest absolute Gasteiger partial charge is 0.379 e.